The molecule has 1 atom stereocenters. The topological polar surface area (TPSA) is 66.1 Å². The lowest BCUT2D eigenvalue weighted by atomic mass is 10.0. The maximum Gasteiger partial charge on any atom is 0.250 e. The van der Waals surface area contributed by atoms with Crippen LogP contribution in [0.4, 0.5) is 0 Å². The number of rotatable bonds is 2. The molecule has 1 aromatic rings. The van der Waals surface area contributed by atoms with Gasteiger partial charge in [-0.15, -0.1) is 0 Å². The number of likely N-dealkylation sites (N-methyl/N-ethyl adjacent to an activating group) is 1. The minimum absolute atomic E-state index is 0.0692. The van der Waals surface area contributed by atoms with E-state index in [9.17, 15) is 9.59 Å². The summed E-state index contributed by atoms with van der Waals surface area (Å²) in [6, 6.07) is 1.47. The molecule has 1 aliphatic heterocycles. The molecule has 15 heavy (non-hydrogen) atoms. The second-order valence-electron chi connectivity index (χ2n) is 3.67. The Kier molecular flexibility index (Phi) is 2.53. The van der Waals surface area contributed by atoms with Crippen molar-refractivity contribution in [2.75, 3.05) is 13.1 Å². The molecule has 5 nitrogen and oxygen atoms in total. The van der Waals surface area contributed by atoms with Gasteiger partial charge in [0.05, 0.1) is 12.0 Å². The number of carbonyl (C=O) groups excluding carboxylic acids is 1. The highest BCUT2D eigenvalue weighted by Crippen LogP contribution is 2.25. The van der Waals surface area contributed by atoms with Crippen molar-refractivity contribution >= 4 is 5.91 Å². The van der Waals surface area contributed by atoms with Crippen molar-refractivity contribution in [3.63, 3.8) is 0 Å². The van der Waals surface area contributed by atoms with Gasteiger partial charge in [-0.25, -0.2) is 4.98 Å². The summed E-state index contributed by atoms with van der Waals surface area (Å²) in [4.78, 5) is 30.9. The molecule has 0 bridgehead atoms. The lowest BCUT2D eigenvalue weighted by Crippen LogP contribution is -2.24. The van der Waals surface area contributed by atoms with Gasteiger partial charge in [-0.1, -0.05) is 0 Å². The lowest BCUT2D eigenvalue weighted by Gasteiger charge is -2.12. The van der Waals surface area contributed by atoms with Crippen LogP contribution >= 0.6 is 0 Å². The first kappa shape index (κ1) is 9.89. The van der Waals surface area contributed by atoms with Gasteiger partial charge in [-0.05, 0) is 6.92 Å². The van der Waals surface area contributed by atoms with Crippen LogP contribution in [-0.2, 0) is 4.79 Å². The van der Waals surface area contributed by atoms with Gasteiger partial charge >= 0.3 is 0 Å². The van der Waals surface area contributed by atoms with Crippen molar-refractivity contribution in [3.8, 4) is 0 Å². The molecule has 0 saturated carbocycles. The van der Waals surface area contributed by atoms with Crippen LogP contribution in [0.1, 0.15) is 25.0 Å². The van der Waals surface area contributed by atoms with Crippen LogP contribution in [0, 0.1) is 0 Å². The fourth-order valence-electron chi connectivity index (χ4n) is 1.88. The minimum atomic E-state index is -0.164. The van der Waals surface area contributed by atoms with E-state index in [0.717, 1.165) is 6.54 Å². The molecule has 0 unspecified atom stereocenters. The number of carbonyl (C=O) groups is 1. The molecule has 0 aromatic carbocycles. The molecule has 1 aliphatic rings. The van der Waals surface area contributed by atoms with Gasteiger partial charge in [0, 0.05) is 31.5 Å². The Bertz CT molecular complexity index is 427. The fourth-order valence-corrected chi connectivity index (χ4v) is 1.88. The smallest absolute Gasteiger partial charge is 0.250 e. The molecule has 2 rings (SSSR count). The van der Waals surface area contributed by atoms with Crippen LogP contribution in [0.25, 0.3) is 0 Å². The van der Waals surface area contributed by atoms with Gasteiger partial charge in [0.1, 0.15) is 0 Å². The van der Waals surface area contributed by atoms with E-state index in [4.69, 9.17) is 0 Å². The van der Waals surface area contributed by atoms with Crippen molar-refractivity contribution in [3.05, 3.63) is 28.4 Å². The predicted molar refractivity (Wildman–Crippen MR) is 54.5 cm³/mol. The van der Waals surface area contributed by atoms with Crippen molar-refractivity contribution in [2.45, 2.75) is 19.3 Å². The number of H-pyrrole nitrogens is 1. The van der Waals surface area contributed by atoms with Crippen molar-refractivity contribution < 1.29 is 4.79 Å². The van der Waals surface area contributed by atoms with Crippen LogP contribution < -0.4 is 5.56 Å². The molecule has 0 aliphatic carbocycles. The van der Waals surface area contributed by atoms with Gasteiger partial charge in [0.25, 0.3) is 5.56 Å². The zero-order valence-electron chi connectivity index (χ0n) is 8.56. The summed E-state index contributed by atoms with van der Waals surface area (Å²) in [5.74, 6) is 0.212. The number of likely N-dealkylation sites (tertiary alicyclic amines) is 1. The van der Waals surface area contributed by atoms with Crippen LogP contribution in [-0.4, -0.2) is 33.9 Å². The van der Waals surface area contributed by atoms with E-state index in [1.54, 1.807) is 4.90 Å². The first-order valence-corrected chi connectivity index (χ1v) is 5.03. The third-order valence-corrected chi connectivity index (χ3v) is 2.71. The molecule has 1 aromatic heterocycles. The summed E-state index contributed by atoms with van der Waals surface area (Å²) >= 11 is 0. The molecule has 1 fully saturated rings. The SMILES string of the molecule is CCN1C[C@@H](c2cc(=O)[nH]cn2)CC1=O. The highest BCUT2D eigenvalue weighted by atomic mass is 16.2. The summed E-state index contributed by atoms with van der Waals surface area (Å²) in [5, 5.41) is 0. The Morgan fingerprint density at radius 2 is 2.40 bits per heavy atom. The Morgan fingerprint density at radius 3 is 3.00 bits per heavy atom. The number of hydrogen-bond acceptors (Lipinski definition) is 3. The van der Waals surface area contributed by atoms with E-state index in [-0.39, 0.29) is 17.4 Å². The number of nitrogens with one attached hydrogen (secondary N) is 1. The summed E-state index contributed by atoms with van der Waals surface area (Å²) in [7, 11) is 0. The number of hydrogen-bond donors (Lipinski definition) is 1. The maximum atomic E-state index is 11.5. The summed E-state index contributed by atoms with van der Waals surface area (Å²) in [5.41, 5.74) is 0.547. The Labute approximate surface area is 87.1 Å². The Hall–Kier alpha value is -1.65. The normalized spacial score (nSPS) is 21.0. The molecule has 2 heterocycles. The highest BCUT2D eigenvalue weighted by molar-refractivity contribution is 5.79. The molecule has 1 saturated heterocycles. The first-order valence-electron chi connectivity index (χ1n) is 5.03. The highest BCUT2D eigenvalue weighted by Gasteiger charge is 2.30. The zero-order chi connectivity index (χ0) is 10.8. The van der Waals surface area contributed by atoms with E-state index >= 15 is 0 Å². The molecule has 1 N–H and O–H groups in total. The van der Waals surface area contributed by atoms with Crippen molar-refractivity contribution in [1.29, 1.82) is 0 Å². The number of aromatic nitrogens is 2. The molecular weight excluding hydrogens is 194 g/mol. The second-order valence-corrected chi connectivity index (χ2v) is 3.67. The third kappa shape index (κ3) is 1.91. The van der Waals surface area contributed by atoms with Crippen LogP contribution in [0.2, 0.25) is 0 Å². The summed E-state index contributed by atoms with van der Waals surface area (Å²) < 4.78 is 0. The second kappa shape index (κ2) is 3.84. The van der Waals surface area contributed by atoms with Gasteiger partial charge < -0.3 is 9.88 Å². The Balaban J connectivity index is 2.20. The maximum absolute atomic E-state index is 11.5. The van der Waals surface area contributed by atoms with Crippen LogP contribution in [0.5, 0.6) is 0 Å². The average Bonchev–Trinajstić information content (AvgIpc) is 2.60. The van der Waals surface area contributed by atoms with Gasteiger partial charge in [-0.2, -0.15) is 0 Å². The molecule has 80 valence electrons. The lowest BCUT2D eigenvalue weighted by molar-refractivity contribution is -0.127. The quantitative estimate of drug-likeness (QED) is 0.748. The number of aromatic amines is 1. The molecular formula is C10H13N3O2. The molecule has 0 radical (unpaired) electrons. The monoisotopic (exact) mass is 207 g/mol. The standard InChI is InChI=1S/C10H13N3O2/c1-2-13-5-7(3-10(13)15)8-4-9(14)12-6-11-8/h4,6-7H,2-3,5H2,1H3,(H,11,12,14)/t7-/m0/s1. The van der Waals surface area contributed by atoms with Crippen LogP contribution in [0.3, 0.4) is 0 Å². The number of amides is 1. The average molecular weight is 207 g/mol. The molecule has 1 amide bonds. The Morgan fingerprint density at radius 1 is 1.60 bits per heavy atom. The first-order chi connectivity index (χ1) is 7.20. The van der Waals surface area contributed by atoms with E-state index in [2.05, 4.69) is 9.97 Å². The minimum Gasteiger partial charge on any atom is -0.342 e. The van der Waals surface area contributed by atoms with Crippen molar-refractivity contribution in [1.82, 2.24) is 14.9 Å². The predicted octanol–water partition coefficient (Wildman–Crippen LogP) is 0.106. The van der Waals surface area contributed by atoms with E-state index in [1.165, 1.54) is 12.4 Å². The summed E-state index contributed by atoms with van der Waals surface area (Å²) in [6.07, 6.45) is 1.85. The van der Waals surface area contributed by atoms with Crippen molar-refractivity contribution in [2.24, 2.45) is 0 Å². The van der Waals surface area contributed by atoms with E-state index in [0.29, 0.717) is 18.7 Å². The van der Waals surface area contributed by atoms with Gasteiger partial charge in [0.2, 0.25) is 5.91 Å². The summed E-state index contributed by atoms with van der Waals surface area (Å²) in [6.45, 7) is 3.34. The van der Waals surface area contributed by atoms with Gasteiger partial charge in [-0.3, -0.25) is 9.59 Å². The molecule has 0 spiro atoms. The van der Waals surface area contributed by atoms with E-state index < -0.39 is 0 Å². The van der Waals surface area contributed by atoms with E-state index in [1.807, 2.05) is 6.92 Å². The van der Waals surface area contributed by atoms with Crippen LogP contribution in [0.15, 0.2) is 17.2 Å². The third-order valence-electron chi connectivity index (χ3n) is 2.71. The largest absolute Gasteiger partial charge is 0.342 e. The molecule has 5 heteroatoms. The fraction of sp³-hybridized carbons (Fsp3) is 0.500. The number of nitrogens with zero attached hydrogens (tertiary/aromatic N) is 2. The van der Waals surface area contributed by atoms with Gasteiger partial charge in [0.15, 0.2) is 0 Å². The zero-order valence-corrected chi connectivity index (χ0v) is 8.56.